The number of nitrogens with zero attached hydrogens (tertiary/aromatic N) is 2. The molecule has 0 aromatic heterocycles. The van der Waals surface area contributed by atoms with Crippen LogP contribution < -0.4 is 14.4 Å². The number of imide groups is 1. The zero-order valence-electron chi connectivity index (χ0n) is 17.6. The predicted octanol–water partition coefficient (Wildman–Crippen LogP) is 4.26. The summed E-state index contributed by atoms with van der Waals surface area (Å²) in [6.07, 6.45) is 4.41. The van der Waals surface area contributed by atoms with E-state index in [0.29, 0.717) is 21.5 Å². The number of hydrogen-bond donors (Lipinski definition) is 0. The van der Waals surface area contributed by atoms with Crippen molar-refractivity contribution < 1.29 is 19.1 Å². The van der Waals surface area contributed by atoms with Crippen molar-refractivity contribution in [2.75, 3.05) is 32.2 Å². The number of carbonyl (C=O) groups excluding carboxylic acids is 2. The van der Waals surface area contributed by atoms with Crippen LogP contribution in [0.5, 0.6) is 11.5 Å². The first-order chi connectivity index (χ1) is 14.0. The highest BCUT2D eigenvalue weighted by Crippen LogP contribution is 2.38. The average molecular weight is 439 g/mol. The molecule has 1 fully saturated rings. The van der Waals surface area contributed by atoms with Gasteiger partial charge in [0.05, 0.1) is 19.9 Å². The van der Waals surface area contributed by atoms with Crippen LogP contribution in [0.1, 0.15) is 46.0 Å². The minimum atomic E-state index is -0.507. The van der Waals surface area contributed by atoms with Gasteiger partial charge in [0.2, 0.25) is 11.8 Å². The fourth-order valence-electron chi connectivity index (χ4n) is 3.11. The minimum absolute atomic E-state index is 0.133. The van der Waals surface area contributed by atoms with Gasteiger partial charge in [-0.1, -0.05) is 50.7 Å². The SMILES string of the molecule is CCCCN(CCCC)C(=S)S[C@H]1CC(=O)N(c2ccc(OC)cc2OC)C1=O. The molecule has 0 saturated carbocycles. The Morgan fingerprint density at radius 2 is 1.83 bits per heavy atom. The van der Waals surface area contributed by atoms with Crippen LogP contribution in [0.25, 0.3) is 0 Å². The highest BCUT2D eigenvalue weighted by atomic mass is 32.2. The van der Waals surface area contributed by atoms with E-state index < -0.39 is 5.25 Å². The molecule has 2 rings (SSSR count). The van der Waals surface area contributed by atoms with Crippen molar-refractivity contribution in [3.05, 3.63) is 18.2 Å². The summed E-state index contributed by atoms with van der Waals surface area (Å²) in [6, 6.07) is 5.05. The molecular weight excluding hydrogens is 408 g/mol. The molecule has 1 aliphatic rings. The lowest BCUT2D eigenvalue weighted by Gasteiger charge is -2.25. The Morgan fingerprint density at radius 3 is 2.38 bits per heavy atom. The van der Waals surface area contributed by atoms with E-state index >= 15 is 0 Å². The van der Waals surface area contributed by atoms with Gasteiger partial charge in [0.25, 0.3) is 0 Å². The van der Waals surface area contributed by atoms with Crippen LogP contribution >= 0.6 is 24.0 Å². The monoisotopic (exact) mass is 438 g/mol. The number of ether oxygens (including phenoxy) is 2. The van der Waals surface area contributed by atoms with Gasteiger partial charge < -0.3 is 14.4 Å². The average Bonchev–Trinajstić information content (AvgIpc) is 3.00. The fraction of sp³-hybridized carbons (Fsp3) is 0.571. The number of thiocarbonyl (C=S) groups is 1. The Kier molecular flexibility index (Phi) is 9.23. The Morgan fingerprint density at radius 1 is 1.17 bits per heavy atom. The Balaban J connectivity index is 2.14. The third-order valence-corrected chi connectivity index (χ3v) is 6.46. The molecule has 0 radical (unpaired) electrons. The molecule has 6 nitrogen and oxygen atoms in total. The molecule has 1 aromatic rings. The standard InChI is InChI=1S/C21H30N2O4S2/c1-5-7-11-22(12-8-6-2)21(28)29-18-14-19(24)23(20(18)25)16-10-9-15(26-3)13-17(16)27-4/h9-10,13,18H,5-8,11-12,14H2,1-4H3/t18-/m0/s1. The first-order valence-corrected chi connectivity index (χ1v) is 11.3. The molecule has 8 heteroatoms. The van der Waals surface area contributed by atoms with E-state index in [2.05, 4.69) is 18.7 Å². The molecule has 2 amide bonds. The van der Waals surface area contributed by atoms with Crippen molar-refractivity contribution in [2.45, 2.75) is 51.2 Å². The summed E-state index contributed by atoms with van der Waals surface area (Å²) in [7, 11) is 3.06. The van der Waals surface area contributed by atoms with Crippen LogP contribution in [0.3, 0.4) is 0 Å². The summed E-state index contributed by atoms with van der Waals surface area (Å²) < 4.78 is 11.3. The molecule has 1 aliphatic heterocycles. The van der Waals surface area contributed by atoms with Crippen molar-refractivity contribution in [1.29, 1.82) is 0 Å². The van der Waals surface area contributed by atoms with Crippen molar-refractivity contribution in [3.8, 4) is 11.5 Å². The second-order valence-electron chi connectivity index (χ2n) is 6.88. The number of carbonyl (C=O) groups is 2. The number of hydrogen-bond acceptors (Lipinski definition) is 6. The highest BCUT2D eigenvalue weighted by Gasteiger charge is 2.42. The second kappa shape index (κ2) is 11.4. The van der Waals surface area contributed by atoms with Gasteiger partial charge in [0, 0.05) is 25.6 Å². The van der Waals surface area contributed by atoms with E-state index in [-0.39, 0.29) is 18.2 Å². The summed E-state index contributed by atoms with van der Waals surface area (Å²) >= 11 is 6.96. The highest BCUT2D eigenvalue weighted by molar-refractivity contribution is 8.23. The van der Waals surface area contributed by atoms with Crippen LogP contribution in [-0.4, -0.2) is 53.6 Å². The van der Waals surface area contributed by atoms with E-state index in [1.54, 1.807) is 25.3 Å². The summed E-state index contributed by atoms with van der Waals surface area (Å²) in [6.45, 7) is 6.06. The molecule has 0 spiro atoms. The van der Waals surface area contributed by atoms with Crippen LogP contribution in [0.15, 0.2) is 18.2 Å². The molecule has 160 valence electrons. The summed E-state index contributed by atoms with van der Waals surface area (Å²) in [5.74, 6) is 0.523. The third kappa shape index (κ3) is 5.85. The van der Waals surface area contributed by atoms with Crippen molar-refractivity contribution >= 4 is 45.8 Å². The number of unbranched alkanes of at least 4 members (excludes halogenated alkanes) is 2. The van der Waals surface area contributed by atoms with Crippen LogP contribution in [0, 0.1) is 0 Å². The topological polar surface area (TPSA) is 59.1 Å². The lowest BCUT2D eigenvalue weighted by Crippen LogP contribution is -2.34. The van der Waals surface area contributed by atoms with E-state index in [0.717, 1.165) is 38.8 Å². The first kappa shape index (κ1) is 23.5. The molecular formula is C21H30N2O4S2. The van der Waals surface area contributed by atoms with Gasteiger partial charge in [0.1, 0.15) is 21.1 Å². The number of rotatable bonds is 10. The summed E-state index contributed by atoms with van der Waals surface area (Å²) in [5, 5.41) is -0.507. The lowest BCUT2D eigenvalue weighted by atomic mass is 10.2. The van der Waals surface area contributed by atoms with E-state index in [9.17, 15) is 9.59 Å². The largest absolute Gasteiger partial charge is 0.497 e. The van der Waals surface area contributed by atoms with Crippen molar-refractivity contribution in [2.24, 2.45) is 0 Å². The van der Waals surface area contributed by atoms with E-state index in [1.165, 1.54) is 23.8 Å². The van der Waals surface area contributed by atoms with Gasteiger partial charge in [-0.25, -0.2) is 4.90 Å². The number of methoxy groups -OCH3 is 2. The maximum atomic E-state index is 13.0. The molecule has 0 aliphatic carbocycles. The van der Waals surface area contributed by atoms with Gasteiger partial charge in [-0.15, -0.1) is 0 Å². The Hall–Kier alpha value is -1.80. The maximum Gasteiger partial charge on any atom is 0.247 e. The summed E-state index contributed by atoms with van der Waals surface area (Å²) in [5.41, 5.74) is 0.436. The normalized spacial score (nSPS) is 16.3. The maximum absolute atomic E-state index is 13.0. The van der Waals surface area contributed by atoms with Crippen LogP contribution in [0.4, 0.5) is 5.69 Å². The third-order valence-electron chi connectivity index (χ3n) is 4.80. The zero-order chi connectivity index (χ0) is 21.4. The minimum Gasteiger partial charge on any atom is -0.497 e. The predicted molar refractivity (Wildman–Crippen MR) is 122 cm³/mol. The summed E-state index contributed by atoms with van der Waals surface area (Å²) in [4.78, 5) is 29.1. The molecule has 1 atom stereocenters. The molecule has 1 heterocycles. The molecule has 29 heavy (non-hydrogen) atoms. The fourth-order valence-corrected chi connectivity index (χ4v) is 4.65. The van der Waals surface area contributed by atoms with Gasteiger partial charge >= 0.3 is 0 Å². The Labute approximate surface area is 182 Å². The molecule has 0 unspecified atom stereocenters. The van der Waals surface area contributed by atoms with Gasteiger partial charge in [-0.3, -0.25) is 9.59 Å². The molecule has 0 N–H and O–H groups in total. The Bertz CT molecular complexity index is 733. The lowest BCUT2D eigenvalue weighted by molar-refractivity contribution is -0.121. The van der Waals surface area contributed by atoms with Crippen LogP contribution in [0.2, 0.25) is 0 Å². The molecule has 0 bridgehead atoms. The number of amides is 2. The number of thioether (sulfide) groups is 1. The quantitative estimate of drug-likeness (QED) is 0.400. The number of benzene rings is 1. The van der Waals surface area contributed by atoms with Crippen LogP contribution in [-0.2, 0) is 9.59 Å². The van der Waals surface area contributed by atoms with Gasteiger partial charge in [-0.05, 0) is 25.0 Å². The van der Waals surface area contributed by atoms with Crippen molar-refractivity contribution in [3.63, 3.8) is 0 Å². The van der Waals surface area contributed by atoms with E-state index in [1.807, 2.05) is 0 Å². The first-order valence-electron chi connectivity index (χ1n) is 10.0. The molecule has 1 saturated heterocycles. The van der Waals surface area contributed by atoms with Crippen molar-refractivity contribution in [1.82, 2.24) is 4.90 Å². The zero-order valence-corrected chi connectivity index (χ0v) is 19.2. The van der Waals surface area contributed by atoms with Gasteiger partial charge in [-0.2, -0.15) is 0 Å². The van der Waals surface area contributed by atoms with Gasteiger partial charge in [0.15, 0.2) is 0 Å². The molecule has 1 aromatic carbocycles. The van der Waals surface area contributed by atoms with E-state index in [4.69, 9.17) is 21.7 Å². The number of anilines is 1. The second-order valence-corrected chi connectivity index (χ2v) is 8.71. The smallest absolute Gasteiger partial charge is 0.247 e.